The molecule has 5 nitrogen and oxygen atoms in total. The maximum absolute atomic E-state index is 5.64. The van der Waals surface area contributed by atoms with Crippen LogP contribution in [0.25, 0.3) is 0 Å². The van der Waals surface area contributed by atoms with E-state index in [1.54, 1.807) is 6.33 Å². The van der Waals surface area contributed by atoms with Gasteiger partial charge in [-0.1, -0.05) is 30.3 Å². The fraction of sp³-hybridized carbons (Fsp3) is 0.524. The molecular formula is C21H28N4O. The van der Waals surface area contributed by atoms with Gasteiger partial charge in [0.25, 0.3) is 0 Å². The van der Waals surface area contributed by atoms with Crippen LogP contribution in [-0.4, -0.2) is 42.8 Å². The van der Waals surface area contributed by atoms with Crippen LogP contribution in [0.2, 0.25) is 0 Å². The Labute approximate surface area is 155 Å². The summed E-state index contributed by atoms with van der Waals surface area (Å²) in [6, 6.07) is 13.0. The monoisotopic (exact) mass is 352 g/mol. The lowest BCUT2D eigenvalue weighted by Crippen LogP contribution is -2.40. The first-order chi connectivity index (χ1) is 12.9. The summed E-state index contributed by atoms with van der Waals surface area (Å²) in [4.78, 5) is 8.99. The van der Waals surface area contributed by atoms with Crippen LogP contribution in [0, 0.1) is 0 Å². The summed E-state index contributed by atoms with van der Waals surface area (Å²) in [6.45, 7) is 4.65. The number of benzene rings is 1. The van der Waals surface area contributed by atoms with Gasteiger partial charge < -0.3 is 15.4 Å². The van der Waals surface area contributed by atoms with E-state index in [1.165, 1.54) is 18.4 Å². The predicted octanol–water partition coefficient (Wildman–Crippen LogP) is 3.10. The van der Waals surface area contributed by atoms with E-state index in [0.29, 0.717) is 5.92 Å². The van der Waals surface area contributed by atoms with E-state index in [1.807, 2.05) is 0 Å². The van der Waals surface area contributed by atoms with Gasteiger partial charge in [-0.15, -0.1) is 0 Å². The van der Waals surface area contributed by atoms with Gasteiger partial charge in [0.2, 0.25) is 0 Å². The minimum absolute atomic E-state index is 0.108. The molecule has 2 N–H and O–H groups in total. The molecule has 4 rings (SSSR count). The Kier molecular flexibility index (Phi) is 5.46. The Bertz CT molecular complexity index is 694. The second kappa shape index (κ2) is 8.14. The molecule has 138 valence electrons. The van der Waals surface area contributed by atoms with E-state index < -0.39 is 0 Å². The lowest BCUT2D eigenvalue weighted by molar-refractivity contribution is 0.0543. The largest absolute Gasteiger partial charge is 0.381 e. The number of aromatic nitrogens is 2. The van der Waals surface area contributed by atoms with Crippen molar-refractivity contribution in [2.24, 2.45) is 0 Å². The summed E-state index contributed by atoms with van der Waals surface area (Å²) < 4.78 is 5.64. The van der Waals surface area contributed by atoms with Crippen molar-refractivity contribution < 1.29 is 4.74 Å². The van der Waals surface area contributed by atoms with Gasteiger partial charge in [-0.05, 0) is 37.8 Å². The molecule has 0 spiro atoms. The topological polar surface area (TPSA) is 59.1 Å². The average molecular weight is 352 g/mol. The zero-order chi connectivity index (χ0) is 17.7. The highest BCUT2D eigenvalue weighted by Gasteiger charge is 2.34. The maximum Gasteiger partial charge on any atom is 0.129 e. The summed E-state index contributed by atoms with van der Waals surface area (Å²) >= 11 is 0. The number of nitrogens with zero attached hydrogens (tertiary/aromatic N) is 2. The van der Waals surface area contributed by atoms with Crippen LogP contribution < -0.4 is 10.6 Å². The third-order valence-electron chi connectivity index (χ3n) is 5.85. The highest BCUT2D eigenvalue weighted by Crippen LogP contribution is 2.35. The highest BCUT2D eigenvalue weighted by atomic mass is 16.5. The van der Waals surface area contributed by atoms with E-state index in [2.05, 4.69) is 57.0 Å². The molecule has 2 fully saturated rings. The summed E-state index contributed by atoms with van der Waals surface area (Å²) in [7, 11) is 0. The molecule has 26 heavy (non-hydrogen) atoms. The number of ether oxygens (including phenoxy) is 1. The minimum atomic E-state index is 0.108. The Morgan fingerprint density at radius 3 is 2.77 bits per heavy atom. The average Bonchev–Trinajstić information content (AvgIpc) is 2.74. The summed E-state index contributed by atoms with van der Waals surface area (Å²) in [6.07, 6.45) is 6.19. The molecule has 2 aromatic rings. The summed E-state index contributed by atoms with van der Waals surface area (Å²) in [5.41, 5.74) is 2.65. The number of nitrogens with one attached hydrogen (secondary N) is 2. The molecule has 1 atom stereocenters. The first kappa shape index (κ1) is 17.4. The van der Waals surface area contributed by atoms with Gasteiger partial charge in [0.05, 0.1) is 5.69 Å². The van der Waals surface area contributed by atoms with E-state index in [9.17, 15) is 0 Å². The second-order valence-electron chi connectivity index (χ2n) is 7.48. The number of piperidine rings is 1. The summed E-state index contributed by atoms with van der Waals surface area (Å²) in [5, 5.41) is 7.08. The maximum atomic E-state index is 5.64. The smallest absolute Gasteiger partial charge is 0.129 e. The lowest BCUT2D eigenvalue weighted by atomic mass is 9.74. The molecule has 2 aliphatic heterocycles. The number of hydrogen-bond acceptors (Lipinski definition) is 5. The quantitative estimate of drug-likeness (QED) is 0.866. The summed E-state index contributed by atoms with van der Waals surface area (Å²) in [5.74, 6) is 1.43. The van der Waals surface area contributed by atoms with E-state index in [0.717, 1.165) is 57.2 Å². The van der Waals surface area contributed by atoms with Crippen LogP contribution in [0.5, 0.6) is 0 Å². The fourth-order valence-electron chi connectivity index (χ4n) is 4.18. The molecular weight excluding hydrogens is 324 g/mol. The third kappa shape index (κ3) is 3.89. The van der Waals surface area contributed by atoms with Crippen LogP contribution in [0.15, 0.2) is 42.7 Å². The molecule has 5 heteroatoms. The van der Waals surface area contributed by atoms with Gasteiger partial charge in [0.1, 0.15) is 12.1 Å². The predicted molar refractivity (Wildman–Crippen MR) is 104 cm³/mol. The van der Waals surface area contributed by atoms with Gasteiger partial charge in [-0.2, -0.15) is 0 Å². The van der Waals surface area contributed by atoms with Crippen molar-refractivity contribution >= 4 is 5.82 Å². The molecule has 2 aliphatic rings. The van der Waals surface area contributed by atoms with Crippen LogP contribution in [-0.2, 0) is 10.2 Å². The standard InChI is InChI=1S/C21H28N4O/c1-2-6-18(7-3-1)21(8-11-26-12-9-21)15-23-20-13-19(24-16-25-20)17-5-4-10-22-14-17/h1-3,6-7,13,16-17,22H,4-5,8-12,14-15H2,(H,23,24,25)/t17-/m1/s1. The van der Waals surface area contributed by atoms with Crippen molar-refractivity contribution in [2.45, 2.75) is 37.0 Å². The Morgan fingerprint density at radius 2 is 2.00 bits per heavy atom. The van der Waals surface area contributed by atoms with Crippen LogP contribution >= 0.6 is 0 Å². The number of anilines is 1. The third-order valence-corrected chi connectivity index (χ3v) is 5.85. The van der Waals surface area contributed by atoms with E-state index in [-0.39, 0.29) is 5.41 Å². The van der Waals surface area contributed by atoms with Gasteiger partial charge >= 0.3 is 0 Å². The Hall–Kier alpha value is -1.98. The second-order valence-corrected chi connectivity index (χ2v) is 7.48. The van der Waals surface area contributed by atoms with Crippen molar-refractivity contribution in [1.29, 1.82) is 0 Å². The normalized spacial score (nSPS) is 22.7. The number of rotatable bonds is 5. The molecule has 3 heterocycles. The van der Waals surface area contributed by atoms with Gasteiger partial charge in [-0.25, -0.2) is 9.97 Å². The minimum Gasteiger partial charge on any atom is -0.381 e. The van der Waals surface area contributed by atoms with E-state index in [4.69, 9.17) is 4.74 Å². The Balaban J connectivity index is 1.49. The SMILES string of the molecule is c1ccc(C2(CNc3cc([C@@H]4CCCNC4)ncn3)CCOCC2)cc1. The lowest BCUT2D eigenvalue weighted by Gasteiger charge is -2.38. The van der Waals surface area contributed by atoms with Crippen molar-refractivity contribution in [1.82, 2.24) is 15.3 Å². The van der Waals surface area contributed by atoms with Crippen molar-refractivity contribution in [3.63, 3.8) is 0 Å². The first-order valence-corrected chi connectivity index (χ1v) is 9.76. The van der Waals surface area contributed by atoms with Crippen molar-refractivity contribution in [3.05, 3.63) is 54.0 Å². The molecule has 1 aromatic heterocycles. The molecule has 0 amide bonds. The van der Waals surface area contributed by atoms with Crippen LogP contribution in [0.4, 0.5) is 5.82 Å². The fourth-order valence-corrected chi connectivity index (χ4v) is 4.18. The molecule has 1 aromatic carbocycles. The van der Waals surface area contributed by atoms with Gasteiger partial charge in [-0.3, -0.25) is 0 Å². The number of hydrogen-bond donors (Lipinski definition) is 2. The first-order valence-electron chi connectivity index (χ1n) is 9.76. The van der Waals surface area contributed by atoms with Crippen molar-refractivity contribution in [2.75, 3.05) is 38.2 Å². The zero-order valence-corrected chi connectivity index (χ0v) is 15.3. The molecule has 0 radical (unpaired) electrons. The molecule has 0 bridgehead atoms. The van der Waals surface area contributed by atoms with Gasteiger partial charge in [0, 0.05) is 43.7 Å². The zero-order valence-electron chi connectivity index (χ0n) is 15.3. The van der Waals surface area contributed by atoms with Crippen LogP contribution in [0.1, 0.15) is 42.9 Å². The van der Waals surface area contributed by atoms with Crippen molar-refractivity contribution in [3.8, 4) is 0 Å². The Morgan fingerprint density at radius 1 is 1.15 bits per heavy atom. The molecule has 0 saturated carbocycles. The highest BCUT2D eigenvalue weighted by molar-refractivity contribution is 5.38. The molecule has 0 unspecified atom stereocenters. The van der Waals surface area contributed by atoms with E-state index >= 15 is 0 Å². The molecule has 0 aliphatic carbocycles. The molecule has 2 saturated heterocycles. The van der Waals surface area contributed by atoms with Crippen LogP contribution in [0.3, 0.4) is 0 Å². The van der Waals surface area contributed by atoms with Gasteiger partial charge in [0.15, 0.2) is 0 Å².